The van der Waals surface area contributed by atoms with Crippen molar-refractivity contribution in [3.63, 3.8) is 0 Å². The second kappa shape index (κ2) is 6.88. The molecule has 3 nitrogen and oxygen atoms in total. The van der Waals surface area contributed by atoms with Crippen molar-refractivity contribution in [1.29, 1.82) is 0 Å². The number of hydrogen-bond donors (Lipinski definition) is 1. The van der Waals surface area contributed by atoms with E-state index < -0.39 is 0 Å². The van der Waals surface area contributed by atoms with Crippen molar-refractivity contribution in [3.8, 4) is 0 Å². The zero-order valence-electron chi connectivity index (χ0n) is 12.3. The number of hydrogen-bond acceptors (Lipinski definition) is 3. The molecular formula is C15H30N2O. The molecule has 0 radical (unpaired) electrons. The van der Waals surface area contributed by atoms with Crippen molar-refractivity contribution in [2.24, 2.45) is 0 Å². The summed E-state index contributed by atoms with van der Waals surface area (Å²) in [7, 11) is 1.86. The van der Waals surface area contributed by atoms with E-state index in [1.807, 2.05) is 7.11 Å². The minimum Gasteiger partial charge on any atom is -0.381 e. The summed E-state index contributed by atoms with van der Waals surface area (Å²) in [6, 6.07) is 2.15. The van der Waals surface area contributed by atoms with Gasteiger partial charge in [-0.25, -0.2) is 0 Å². The Morgan fingerprint density at radius 1 is 1.17 bits per heavy atom. The molecular weight excluding hydrogens is 224 g/mol. The summed E-state index contributed by atoms with van der Waals surface area (Å²) in [5.74, 6) is 0. The predicted octanol–water partition coefficient (Wildman–Crippen LogP) is 2.41. The largest absolute Gasteiger partial charge is 0.381 e. The van der Waals surface area contributed by atoms with Crippen molar-refractivity contribution in [1.82, 2.24) is 10.2 Å². The fourth-order valence-corrected chi connectivity index (χ4v) is 3.51. The Balaban J connectivity index is 1.88. The molecule has 1 saturated heterocycles. The molecule has 0 spiro atoms. The summed E-state index contributed by atoms with van der Waals surface area (Å²) >= 11 is 0. The molecule has 4 atom stereocenters. The third kappa shape index (κ3) is 3.69. The molecule has 0 bridgehead atoms. The maximum absolute atomic E-state index is 5.51. The third-order valence-electron chi connectivity index (χ3n) is 4.83. The van der Waals surface area contributed by atoms with Gasteiger partial charge in [0.25, 0.3) is 0 Å². The lowest BCUT2D eigenvalue weighted by Gasteiger charge is -2.35. The Morgan fingerprint density at radius 3 is 2.61 bits per heavy atom. The van der Waals surface area contributed by atoms with Gasteiger partial charge in [0.05, 0.1) is 6.10 Å². The van der Waals surface area contributed by atoms with Crippen LogP contribution in [0.1, 0.15) is 52.4 Å². The molecule has 0 aromatic rings. The Hall–Kier alpha value is -0.120. The minimum absolute atomic E-state index is 0.512. The SMILES string of the molecule is CCC1CCN(C2CCC(OC)C2)CCC(C)N1. The fourth-order valence-electron chi connectivity index (χ4n) is 3.51. The highest BCUT2D eigenvalue weighted by Gasteiger charge is 2.30. The summed E-state index contributed by atoms with van der Waals surface area (Å²) in [6.07, 6.45) is 8.18. The van der Waals surface area contributed by atoms with Crippen molar-refractivity contribution >= 4 is 0 Å². The van der Waals surface area contributed by atoms with Crippen LogP contribution in [-0.4, -0.2) is 49.3 Å². The van der Waals surface area contributed by atoms with Crippen LogP contribution in [0, 0.1) is 0 Å². The average molecular weight is 254 g/mol. The first-order valence-electron chi connectivity index (χ1n) is 7.75. The van der Waals surface area contributed by atoms with Crippen LogP contribution in [0.4, 0.5) is 0 Å². The van der Waals surface area contributed by atoms with E-state index in [1.165, 1.54) is 51.6 Å². The van der Waals surface area contributed by atoms with Crippen LogP contribution in [0.25, 0.3) is 0 Å². The van der Waals surface area contributed by atoms with E-state index >= 15 is 0 Å². The van der Waals surface area contributed by atoms with Gasteiger partial charge in [-0.2, -0.15) is 0 Å². The summed E-state index contributed by atoms with van der Waals surface area (Å²) in [5, 5.41) is 3.75. The van der Waals surface area contributed by atoms with Crippen molar-refractivity contribution in [2.75, 3.05) is 20.2 Å². The van der Waals surface area contributed by atoms with Crippen LogP contribution in [0.15, 0.2) is 0 Å². The molecule has 3 heteroatoms. The molecule has 2 fully saturated rings. The Morgan fingerprint density at radius 2 is 1.94 bits per heavy atom. The van der Waals surface area contributed by atoms with E-state index in [2.05, 4.69) is 24.1 Å². The number of methoxy groups -OCH3 is 1. The lowest BCUT2D eigenvalue weighted by molar-refractivity contribution is 0.0928. The predicted molar refractivity (Wildman–Crippen MR) is 75.9 cm³/mol. The topological polar surface area (TPSA) is 24.5 Å². The zero-order valence-corrected chi connectivity index (χ0v) is 12.3. The van der Waals surface area contributed by atoms with Gasteiger partial charge in [-0.05, 0) is 58.5 Å². The number of nitrogens with one attached hydrogen (secondary N) is 1. The second-order valence-corrected chi connectivity index (χ2v) is 6.11. The Bertz CT molecular complexity index is 247. The summed E-state index contributed by atoms with van der Waals surface area (Å²) in [4.78, 5) is 2.74. The fraction of sp³-hybridized carbons (Fsp3) is 1.00. The number of nitrogens with zero attached hydrogens (tertiary/aromatic N) is 1. The molecule has 0 aromatic heterocycles. The standard InChI is InChI=1S/C15H30N2O/c1-4-13-8-10-17(9-7-12(2)16-13)14-5-6-15(11-14)18-3/h12-16H,4-11H2,1-3H3. The highest BCUT2D eigenvalue weighted by Crippen LogP contribution is 2.27. The molecule has 1 N–H and O–H groups in total. The van der Waals surface area contributed by atoms with Gasteiger partial charge in [0.2, 0.25) is 0 Å². The third-order valence-corrected chi connectivity index (χ3v) is 4.83. The second-order valence-electron chi connectivity index (χ2n) is 6.11. The smallest absolute Gasteiger partial charge is 0.0586 e. The maximum Gasteiger partial charge on any atom is 0.0586 e. The van der Waals surface area contributed by atoms with Crippen molar-refractivity contribution in [3.05, 3.63) is 0 Å². The lowest BCUT2D eigenvalue weighted by atomic mass is 10.0. The van der Waals surface area contributed by atoms with Gasteiger partial charge in [0.1, 0.15) is 0 Å². The van der Waals surface area contributed by atoms with Crippen LogP contribution in [0.5, 0.6) is 0 Å². The normalized spacial score (nSPS) is 39.5. The first kappa shape index (κ1) is 14.3. The summed E-state index contributed by atoms with van der Waals surface area (Å²) < 4.78 is 5.51. The van der Waals surface area contributed by atoms with Gasteiger partial charge in [-0.3, -0.25) is 0 Å². The van der Waals surface area contributed by atoms with E-state index in [-0.39, 0.29) is 0 Å². The monoisotopic (exact) mass is 254 g/mol. The zero-order chi connectivity index (χ0) is 13.0. The van der Waals surface area contributed by atoms with E-state index in [1.54, 1.807) is 0 Å². The number of rotatable bonds is 3. The molecule has 1 aliphatic carbocycles. The van der Waals surface area contributed by atoms with Gasteiger partial charge in [-0.1, -0.05) is 6.92 Å². The van der Waals surface area contributed by atoms with Gasteiger partial charge >= 0.3 is 0 Å². The van der Waals surface area contributed by atoms with Crippen LogP contribution < -0.4 is 5.32 Å². The van der Waals surface area contributed by atoms with E-state index in [0.717, 1.165) is 6.04 Å². The van der Waals surface area contributed by atoms with Crippen molar-refractivity contribution < 1.29 is 4.74 Å². The maximum atomic E-state index is 5.51. The van der Waals surface area contributed by atoms with E-state index in [0.29, 0.717) is 18.2 Å². The van der Waals surface area contributed by atoms with Crippen LogP contribution in [-0.2, 0) is 4.74 Å². The highest BCUT2D eigenvalue weighted by molar-refractivity contribution is 4.86. The molecule has 4 unspecified atom stereocenters. The molecule has 2 rings (SSSR count). The van der Waals surface area contributed by atoms with Gasteiger partial charge in [0, 0.05) is 25.2 Å². The molecule has 1 saturated carbocycles. The Kier molecular flexibility index (Phi) is 5.46. The Labute approximate surface area is 112 Å². The molecule has 1 heterocycles. The van der Waals surface area contributed by atoms with Crippen LogP contribution in [0.2, 0.25) is 0 Å². The molecule has 0 aromatic carbocycles. The summed E-state index contributed by atoms with van der Waals surface area (Å²) in [5.41, 5.74) is 0. The van der Waals surface area contributed by atoms with Crippen molar-refractivity contribution in [2.45, 2.75) is 76.6 Å². The summed E-state index contributed by atoms with van der Waals surface area (Å²) in [6.45, 7) is 7.15. The minimum atomic E-state index is 0.512. The molecule has 18 heavy (non-hydrogen) atoms. The van der Waals surface area contributed by atoms with Gasteiger partial charge in [-0.15, -0.1) is 0 Å². The van der Waals surface area contributed by atoms with Gasteiger partial charge < -0.3 is 15.0 Å². The van der Waals surface area contributed by atoms with Crippen LogP contribution in [0.3, 0.4) is 0 Å². The lowest BCUT2D eigenvalue weighted by Crippen LogP contribution is -2.46. The first-order chi connectivity index (χ1) is 8.72. The first-order valence-corrected chi connectivity index (χ1v) is 7.75. The van der Waals surface area contributed by atoms with E-state index in [4.69, 9.17) is 4.74 Å². The number of ether oxygens (including phenoxy) is 1. The van der Waals surface area contributed by atoms with Crippen LogP contribution >= 0.6 is 0 Å². The average Bonchev–Trinajstić information content (AvgIpc) is 2.83. The molecule has 1 aliphatic heterocycles. The van der Waals surface area contributed by atoms with E-state index in [9.17, 15) is 0 Å². The highest BCUT2D eigenvalue weighted by atomic mass is 16.5. The quantitative estimate of drug-likeness (QED) is 0.837. The molecule has 2 aliphatic rings. The van der Waals surface area contributed by atoms with Gasteiger partial charge in [0.15, 0.2) is 0 Å². The molecule has 106 valence electrons. The molecule has 0 amide bonds.